The van der Waals surface area contributed by atoms with Crippen molar-refractivity contribution in [1.29, 1.82) is 0 Å². The number of hydrogen-bond acceptors (Lipinski definition) is 6. The topological polar surface area (TPSA) is 81.8 Å². The molecule has 31 heavy (non-hydrogen) atoms. The first kappa shape index (κ1) is 20.6. The highest BCUT2D eigenvalue weighted by Crippen LogP contribution is 2.28. The number of amides is 1. The monoisotopic (exact) mass is 419 g/mol. The highest BCUT2D eigenvalue weighted by molar-refractivity contribution is 5.94. The van der Waals surface area contributed by atoms with Crippen LogP contribution in [0.3, 0.4) is 0 Å². The van der Waals surface area contributed by atoms with E-state index in [2.05, 4.69) is 15.3 Å². The summed E-state index contributed by atoms with van der Waals surface area (Å²) in [6.45, 7) is 2.08. The van der Waals surface area contributed by atoms with Crippen LogP contribution in [-0.4, -0.2) is 52.1 Å². The molecule has 0 unspecified atom stereocenters. The predicted molar refractivity (Wildman–Crippen MR) is 117 cm³/mol. The lowest BCUT2D eigenvalue weighted by atomic mass is 10.1. The third kappa shape index (κ3) is 5.28. The van der Waals surface area contributed by atoms with Gasteiger partial charge >= 0.3 is 0 Å². The van der Waals surface area contributed by atoms with Crippen LogP contribution in [0.4, 0.5) is 0 Å². The molecule has 1 saturated heterocycles. The lowest BCUT2D eigenvalue weighted by molar-refractivity contribution is 0.0724. The summed E-state index contributed by atoms with van der Waals surface area (Å²) >= 11 is 0. The van der Waals surface area contributed by atoms with E-state index in [1.165, 1.54) is 23.8 Å². The second-order valence-corrected chi connectivity index (χ2v) is 7.34. The van der Waals surface area contributed by atoms with Gasteiger partial charge in [0.05, 0.1) is 13.3 Å². The summed E-state index contributed by atoms with van der Waals surface area (Å²) in [5, 5.41) is 11.6. The minimum Gasteiger partial charge on any atom is -0.493 e. The molecule has 0 bridgehead atoms. The van der Waals surface area contributed by atoms with Crippen LogP contribution in [0, 0.1) is 0 Å². The SMILES string of the molecule is COc1cc(C=Nn2cnnc2)ccc1OCc1ccc(C(=O)N2CCCCC2)cc1. The number of methoxy groups -OCH3 is 1. The zero-order chi connectivity index (χ0) is 21.5. The van der Waals surface area contributed by atoms with E-state index in [1.54, 1.807) is 13.3 Å². The number of rotatable bonds is 7. The van der Waals surface area contributed by atoms with Gasteiger partial charge in [-0.3, -0.25) is 4.79 Å². The third-order valence-electron chi connectivity index (χ3n) is 5.17. The minimum atomic E-state index is 0.109. The molecule has 1 amide bonds. The Labute approximate surface area is 181 Å². The summed E-state index contributed by atoms with van der Waals surface area (Å²) in [5.74, 6) is 1.36. The molecule has 0 saturated carbocycles. The van der Waals surface area contributed by atoms with Crippen LogP contribution in [0.5, 0.6) is 11.5 Å². The third-order valence-corrected chi connectivity index (χ3v) is 5.17. The van der Waals surface area contributed by atoms with Crippen LogP contribution in [0.2, 0.25) is 0 Å². The zero-order valence-corrected chi connectivity index (χ0v) is 17.5. The van der Waals surface area contributed by atoms with E-state index >= 15 is 0 Å². The van der Waals surface area contributed by atoms with Crippen LogP contribution in [0.1, 0.15) is 40.7 Å². The fourth-order valence-corrected chi connectivity index (χ4v) is 3.46. The Bertz CT molecular complexity index is 1030. The lowest BCUT2D eigenvalue weighted by Gasteiger charge is -2.26. The van der Waals surface area contributed by atoms with E-state index in [0.29, 0.717) is 18.1 Å². The maximum atomic E-state index is 12.6. The Morgan fingerprint density at radius 2 is 1.77 bits per heavy atom. The molecule has 1 aliphatic rings. The second-order valence-electron chi connectivity index (χ2n) is 7.34. The first-order valence-corrected chi connectivity index (χ1v) is 10.3. The lowest BCUT2D eigenvalue weighted by Crippen LogP contribution is -2.35. The van der Waals surface area contributed by atoms with Gasteiger partial charge in [0.25, 0.3) is 5.91 Å². The van der Waals surface area contributed by atoms with E-state index in [9.17, 15) is 4.79 Å². The van der Waals surface area contributed by atoms with Gasteiger partial charge in [0.15, 0.2) is 11.5 Å². The maximum Gasteiger partial charge on any atom is 0.253 e. The van der Waals surface area contributed by atoms with Crippen LogP contribution in [-0.2, 0) is 6.61 Å². The average Bonchev–Trinajstić information content (AvgIpc) is 3.36. The quantitative estimate of drug-likeness (QED) is 0.549. The van der Waals surface area contributed by atoms with Gasteiger partial charge in [0.1, 0.15) is 19.3 Å². The van der Waals surface area contributed by atoms with Crippen LogP contribution >= 0.6 is 0 Å². The van der Waals surface area contributed by atoms with E-state index in [1.807, 2.05) is 47.4 Å². The van der Waals surface area contributed by atoms with Crippen molar-refractivity contribution in [2.24, 2.45) is 5.10 Å². The summed E-state index contributed by atoms with van der Waals surface area (Å²) in [4.78, 5) is 14.5. The summed E-state index contributed by atoms with van der Waals surface area (Å²) in [5.41, 5.74) is 2.56. The standard InChI is InChI=1S/C23H25N5O3/c1-30-22-13-19(14-26-28-16-24-25-17-28)7-10-21(22)31-15-18-5-8-20(9-6-18)23(29)27-11-3-2-4-12-27/h5-10,13-14,16-17H,2-4,11-12,15H2,1H3. The molecule has 3 aromatic rings. The van der Waals surface area contributed by atoms with Gasteiger partial charge in [0.2, 0.25) is 0 Å². The number of nitrogens with zero attached hydrogens (tertiary/aromatic N) is 5. The van der Waals surface area contributed by atoms with Crippen molar-refractivity contribution in [2.45, 2.75) is 25.9 Å². The normalized spacial score (nSPS) is 14.0. The van der Waals surface area contributed by atoms with Crippen molar-refractivity contribution in [3.05, 3.63) is 71.8 Å². The van der Waals surface area contributed by atoms with Crippen LogP contribution in [0.25, 0.3) is 0 Å². The van der Waals surface area contributed by atoms with Crippen LogP contribution < -0.4 is 9.47 Å². The van der Waals surface area contributed by atoms with Gasteiger partial charge in [-0.25, -0.2) is 4.68 Å². The van der Waals surface area contributed by atoms with E-state index in [0.717, 1.165) is 42.6 Å². The largest absolute Gasteiger partial charge is 0.493 e. The molecule has 2 aromatic carbocycles. The first-order valence-electron chi connectivity index (χ1n) is 10.3. The fourth-order valence-electron chi connectivity index (χ4n) is 3.46. The molecule has 0 atom stereocenters. The smallest absolute Gasteiger partial charge is 0.253 e. The summed E-state index contributed by atoms with van der Waals surface area (Å²) in [6, 6.07) is 13.2. The molecular weight excluding hydrogens is 394 g/mol. The molecule has 0 radical (unpaired) electrons. The Balaban J connectivity index is 1.37. The van der Waals surface area contributed by atoms with Gasteiger partial charge < -0.3 is 14.4 Å². The van der Waals surface area contributed by atoms with Gasteiger partial charge in [-0.05, 0) is 60.7 Å². The van der Waals surface area contributed by atoms with Crippen molar-refractivity contribution in [1.82, 2.24) is 19.8 Å². The molecule has 1 aliphatic heterocycles. The van der Waals surface area contributed by atoms with Crippen molar-refractivity contribution in [3.8, 4) is 11.5 Å². The van der Waals surface area contributed by atoms with Crippen LogP contribution in [0.15, 0.2) is 60.2 Å². The molecular formula is C23H25N5O3. The highest BCUT2D eigenvalue weighted by atomic mass is 16.5. The molecule has 0 aliphatic carbocycles. The predicted octanol–water partition coefficient (Wildman–Crippen LogP) is 3.37. The summed E-state index contributed by atoms with van der Waals surface area (Å²) in [7, 11) is 1.60. The zero-order valence-electron chi connectivity index (χ0n) is 17.5. The molecule has 8 nitrogen and oxygen atoms in total. The van der Waals surface area contributed by atoms with Gasteiger partial charge in [-0.1, -0.05) is 12.1 Å². The highest BCUT2D eigenvalue weighted by Gasteiger charge is 2.17. The number of carbonyl (C=O) groups excluding carboxylic acids is 1. The van der Waals surface area contributed by atoms with Crippen molar-refractivity contribution in [3.63, 3.8) is 0 Å². The van der Waals surface area contributed by atoms with E-state index in [4.69, 9.17) is 9.47 Å². The fraction of sp³-hybridized carbons (Fsp3) is 0.304. The minimum absolute atomic E-state index is 0.109. The molecule has 1 fully saturated rings. The van der Waals surface area contributed by atoms with E-state index < -0.39 is 0 Å². The second kappa shape index (κ2) is 9.88. The molecule has 1 aromatic heterocycles. The summed E-state index contributed by atoms with van der Waals surface area (Å²) < 4.78 is 12.9. The Morgan fingerprint density at radius 1 is 1.03 bits per heavy atom. The molecule has 0 N–H and O–H groups in total. The number of piperidine rings is 1. The molecule has 4 rings (SSSR count). The number of carbonyl (C=O) groups is 1. The average molecular weight is 419 g/mol. The van der Waals surface area contributed by atoms with Crippen molar-refractivity contribution < 1.29 is 14.3 Å². The Kier molecular flexibility index (Phi) is 6.56. The number of aromatic nitrogens is 3. The number of likely N-dealkylation sites (tertiary alicyclic amines) is 1. The van der Waals surface area contributed by atoms with Gasteiger partial charge in [0, 0.05) is 18.7 Å². The molecule has 0 spiro atoms. The van der Waals surface area contributed by atoms with E-state index in [-0.39, 0.29) is 5.91 Å². The van der Waals surface area contributed by atoms with Gasteiger partial charge in [-0.15, -0.1) is 10.2 Å². The number of benzene rings is 2. The van der Waals surface area contributed by atoms with Gasteiger partial charge in [-0.2, -0.15) is 5.10 Å². The van der Waals surface area contributed by atoms with Crippen molar-refractivity contribution in [2.75, 3.05) is 20.2 Å². The maximum absolute atomic E-state index is 12.6. The number of hydrogen-bond donors (Lipinski definition) is 0. The molecule has 2 heterocycles. The molecule has 160 valence electrons. The summed E-state index contributed by atoms with van der Waals surface area (Å²) in [6.07, 6.45) is 8.09. The van der Waals surface area contributed by atoms with Crippen molar-refractivity contribution >= 4 is 12.1 Å². The Morgan fingerprint density at radius 3 is 2.48 bits per heavy atom. The molecule has 8 heteroatoms. The number of ether oxygens (including phenoxy) is 2. The Hall–Kier alpha value is -3.68. The first-order chi connectivity index (χ1) is 15.2.